The van der Waals surface area contributed by atoms with E-state index in [4.69, 9.17) is 4.74 Å². The summed E-state index contributed by atoms with van der Waals surface area (Å²) in [5.41, 5.74) is 1.80. The van der Waals surface area contributed by atoms with E-state index in [1.807, 2.05) is 18.2 Å². The minimum atomic E-state index is 0.0955. The summed E-state index contributed by atoms with van der Waals surface area (Å²) in [6.07, 6.45) is 2.19. The highest BCUT2D eigenvalue weighted by atomic mass is 16.5. The Bertz CT molecular complexity index is 641. The monoisotopic (exact) mass is 228 g/mol. The van der Waals surface area contributed by atoms with E-state index >= 15 is 0 Å². The lowest BCUT2D eigenvalue weighted by molar-refractivity contribution is 0.372. The largest absolute Gasteiger partial charge is 0.512 e. The van der Waals surface area contributed by atoms with Crippen LogP contribution in [-0.2, 0) is 6.42 Å². The summed E-state index contributed by atoms with van der Waals surface area (Å²) in [6, 6.07) is 7.53. The van der Waals surface area contributed by atoms with E-state index in [9.17, 15) is 10.2 Å². The van der Waals surface area contributed by atoms with E-state index in [2.05, 4.69) is 0 Å². The second-order valence-electron chi connectivity index (χ2n) is 4.17. The molecule has 0 aromatic heterocycles. The summed E-state index contributed by atoms with van der Waals surface area (Å²) in [4.78, 5) is 0. The lowest BCUT2D eigenvalue weighted by atomic mass is 9.91. The van der Waals surface area contributed by atoms with Gasteiger partial charge in [-0.1, -0.05) is 18.2 Å². The van der Waals surface area contributed by atoms with E-state index in [1.165, 1.54) is 7.11 Å². The van der Waals surface area contributed by atoms with Gasteiger partial charge in [-0.2, -0.15) is 0 Å². The van der Waals surface area contributed by atoms with Crippen molar-refractivity contribution < 1.29 is 14.9 Å². The Balaban J connectivity index is 2.50. The minimum Gasteiger partial charge on any atom is -0.512 e. The van der Waals surface area contributed by atoms with Gasteiger partial charge in [-0.25, -0.2) is 0 Å². The van der Waals surface area contributed by atoms with Crippen molar-refractivity contribution in [2.75, 3.05) is 7.11 Å². The van der Waals surface area contributed by atoms with Crippen LogP contribution in [0.1, 0.15) is 11.1 Å². The number of methoxy groups -OCH3 is 1. The molecule has 0 unspecified atom stereocenters. The molecule has 3 heteroatoms. The van der Waals surface area contributed by atoms with Crippen LogP contribution in [0.2, 0.25) is 0 Å². The van der Waals surface area contributed by atoms with Crippen LogP contribution in [0.4, 0.5) is 0 Å². The Kier molecular flexibility index (Phi) is 2.01. The molecular weight excluding hydrogens is 216 g/mol. The standard InChI is InChI=1S/C14H12O3/c1-17-14-11-7-10(15)5-8-3-2-4-9(13(8)11)6-12(14)16/h2-4,6-7,15-16H,5H2,1H3. The highest BCUT2D eigenvalue weighted by Gasteiger charge is 2.19. The predicted octanol–water partition coefficient (Wildman–Crippen LogP) is 3.01. The molecule has 0 heterocycles. The summed E-state index contributed by atoms with van der Waals surface area (Å²) >= 11 is 0. The summed E-state index contributed by atoms with van der Waals surface area (Å²) in [7, 11) is 1.51. The summed E-state index contributed by atoms with van der Waals surface area (Å²) in [5.74, 6) is 0.795. The van der Waals surface area contributed by atoms with Crippen molar-refractivity contribution in [1.29, 1.82) is 0 Å². The van der Waals surface area contributed by atoms with E-state index in [-0.39, 0.29) is 11.5 Å². The molecule has 1 aliphatic carbocycles. The van der Waals surface area contributed by atoms with E-state index in [1.54, 1.807) is 12.1 Å². The van der Waals surface area contributed by atoms with Crippen molar-refractivity contribution in [2.45, 2.75) is 6.42 Å². The fourth-order valence-corrected chi connectivity index (χ4v) is 2.45. The van der Waals surface area contributed by atoms with Gasteiger partial charge in [0.15, 0.2) is 11.5 Å². The third-order valence-electron chi connectivity index (χ3n) is 3.11. The van der Waals surface area contributed by atoms with E-state index < -0.39 is 0 Å². The average molecular weight is 228 g/mol. The van der Waals surface area contributed by atoms with Crippen molar-refractivity contribution in [3.63, 3.8) is 0 Å². The third kappa shape index (κ3) is 1.35. The molecule has 0 spiro atoms. The van der Waals surface area contributed by atoms with Crippen molar-refractivity contribution >= 4 is 16.8 Å². The molecule has 1 aliphatic rings. The van der Waals surface area contributed by atoms with Crippen LogP contribution in [0.15, 0.2) is 30.0 Å². The first-order chi connectivity index (χ1) is 8.20. The van der Waals surface area contributed by atoms with Gasteiger partial charge in [-0.3, -0.25) is 0 Å². The number of aromatic hydroxyl groups is 1. The van der Waals surface area contributed by atoms with E-state index in [0.717, 1.165) is 21.9 Å². The van der Waals surface area contributed by atoms with Crippen LogP contribution >= 0.6 is 0 Å². The lowest BCUT2D eigenvalue weighted by Crippen LogP contribution is -2.01. The van der Waals surface area contributed by atoms with Crippen LogP contribution < -0.4 is 4.74 Å². The summed E-state index contributed by atoms with van der Waals surface area (Å²) in [5, 5.41) is 21.6. The molecule has 0 amide bonds. The zero-order chi connectivity index (χ0) is 12.0. The number of hydrogen-bond donors (Lipinski definition) is 2. The van der Waals surface area contributed by atoms with Crippen LogP contribution in [-0.4, -0.2) is 17.3 Å². The molecule has 0 saturated carbocycles. The lowest BCUT2D eigenvalue weighted by Gasteiger charge is -2.18. The van der Waals surface area contributed by atoms with Gasteiger partial charge in [0.2, 0.25) is 0 Å². The minimum absolute atomic E-state index is 0.0955. The molecule has 2 N–H and O–H groups in total. The Morgan fingerprint density at radius 2 is 2.06 bits per heavy atom. The average Bonchev–Trinajstić information content (AvgIpc) is 2.28. The molecule has 0 saturated heterocycles. The molecule has 17 heavy (non-hydrogen) atoms. The van der Waals surface area contributed by atoms with Crippen molar-refractivity contribution in [3.05, 3.63) is 41.2 Å². The fourth-order valence-electron chi connectivity index (χ4n) is 2.45. The second-order valence-corrected chi connectivity index (χ2v) is 4.17. The number of phenols is 1. The quantitative estimate of drug-likeness (QED) is 0.788. The Morgan fingerprint density at radius 3 is 2.82 bits per heavy atom. The molecule has 3 rings (SSSR count). The topological polar surface area (TPSA) is 49.7 Å². The highest BCUT2D eigenvalue weighted by molar-refractivity contribution is 5.99. The molecule has 0 radical (unpaired) electrons. The molecule has 0 fully saturated rings. The van der Waals surface area contributed by atoms with Crippen molar-refractivity contribution in [2.24, 2.45) is 0 Å². The number of phenolic OH excluding ortho intramolecular Hbond substituents is 1. The molecule has 2 aromatic rings. The van der Waals surface area contributed by atoms with Gasteiger partial charge in [0.25, 0.3) is 0 Å². The Morgan fingerprint density at radius 1 is 1.24 bits per heavy atom. The van der Waals surface area contributed by atoms with Crippen LogP contribution in [0, 0.1) is 0 Å². The van der Waals surface area contributed by atoms with Gasteiger partial charge in [0.1, 0.15) is 0 Å². The van der Waals surface area contributed by atoms with Gasteiger partial charge in [-0.15, -0.1) is 0 Å². The molecular formula is C14H12O3. The van der Waals surface area contributed by atoms with Gasteiger partial charge in [0.05, 0.1) is 12.9 Å². The smallest absolute Gasteiger partial charge is 0.168 e. The molecule has 0 atom stereocenters. The maximum absolute atomic E-state index is 9.89. The SMILES string of the molecule is COc1c(O)cc2cccc3c2c1C=C(O)C3. The van der Waals surface area contributed by atoms with Crippen LogP contribution in [0.25, 0.3) is 16.8 Å². The van der Waals surface area contributed by atoms with Gasteiger partial charge in [-0.05, 0) is 28.5 Å². The number of hydrogen-bond acceptors (Lipinski definition) is 3. The highest BCUT2D eigenvalue weighted by Crippen LogP contribution is 2.41. The number of aliphatic hydroxyl groups is 1. The molecule has 0 aliphatic heterocycles. The zero-order valence-corrected chi connectivity index (χ0v) is 9.40. The van der Waals surface area contributed by atoms with Gasteiger partial charge >= 0.3 is 0 Å². The second kappa shape index (κ2) is 3.42. The normalized spacial score (nSPS) is 13.6. The number of rotatable bonds is 1. The van der Waals surface area contributed by atoms with Crippen molar-refractivity contribution in [1.82, 2.24) is 0 Å². The first-order valence-corrected chi connectivity index (χ1v) is 5.42. The van der Waals surface area contributed by atoms with Gasteiger partial charge in [0, 0.05) is 12.0 Å². The first-order valence-electron chi connectivity index (χ1n) is 5.42. The zero-order valence-electron chi connectivity index (χ0n) is 9.40. The predicted molar refractivity (Wildman–Crippen MR) is 66.5 cm³/mol. The first kappa shape index (κ1) is 10.0. The number of ether oxygens (including phenoxy) is 1. The van der Waals surface area contributed by atoms with Crippen LogP contribution in [0.3, 0.4) is 0 Å². The number of allylic oxidation sites excluding steroid dienone is 1. The molecule has 86 valence electrons. The van der Waals surface area contributed by atoms with E-state index in [0.29, 0.717) is 12.2 Å². The Hall–Kier alpha value is -2.16. The summed E-state index contributed by atoms with van der Waals surface area (Å²) in [6.45, 7) is 0. The third-order valence-corrected chi connectivity index (χ3v) is 3.11. The Labute approximate surface area is 98.6 Å². The molecule has 0 bridgehead atoms. The van der Waals surface area contributed by atoms with Crippen molar-refractivity contribution in [3.8, 4) is 11.5 Å². The molecule has 3 nitrogen and oxygen atoms in total. The molecule has 2 aromatic carbocycles. The summed E-state index contributed by atoms with van der Waals surface area (Å²) < 4.78 is 5.21. The number of benzene rings is 2. The van der Waals surface area contributed by atoms with Crippen LogP contribution in [0.5, 0.6) is 11.5 Å². The van der Waals surface area contributed by atoms with Gasteiger partial charge < -0.3 is 14.9 Å². The maximum atomic E-state index is 9.89. The maximum Gasteiger partial charge on any atom is 0.168 e. The fraction of sp³-hybridized carbons (Fsp3) is 0.143. The number of aliphatic hydroxyl groups excluding tert-OH is 1.